The molecule has 1 aliphatic heterocycles. The van der Waals surface area contributed by atoms with E-state index in [0.29, 0.717) is 12.6 Å². The lowest BCUT2D eigenvalue weighted by molar-refractivity contribution is 0.0526. The number of hydrogen-bond donors (Lipinski definition) is 1. The summed E-state index contributed by atoms with van der Waals surface area (Å²) in [4.78, 5) is 13.8. The number of amides is 1. The number of rotatable bonds is 4. The van der Waals surface area contributed by atoms with E-state index in [0.717, 1.165) is 12.8 Å². The first kappa shape index (κ1) is 14.3. The summed E-state index contributed by atoms with van der Waals surface area (Å²) in [6, 6.07) is 0.704. The number of nitrogens with zero attached hydrogens (tertiary/aromatic N) is 1. The molecular weight excluding hydrogens is 216 g/mol. The predicted octanol–water partition coefficient (Wildman–Crippen LogP) is 2.39. The molecule has 100 valence electrons. The highest BCUT2D eigenvalue weighted by molar-refractivity contribution is 5.67. The molecule has 1 rings (SSSR count). The number of likely N-dealkylation sites (tertiary alicyclic amines) is 1. The lowest BCUT2D eigenvalue weighted by Crippen LogP contribution is -2.33. The van der Waals surface area contributed by atoms with E-state index in [4.69, 9.17) is 4.74 Å². The van der Waals surface area contributed by atoms with Gasteiger partial charge in [0.1, 0.15) is 5.60 Å². The Kier molecular flexibility index (Phi) is 5.25. The molecule has 1 fully saturated rings. The van der Waals surface area contributed by atoms with Crippen LogP contribution in [0.2, 0.25) is 0 Å². The summed E-state index contributed by atoms with van der Waals surface area (Å²) in [5, 5.41) is 2.80. The third kappa shape index (κ3) is 5.91. The zero-order valence-electron chi connectivity index (χ0n) is 11.6. The lowest BCUT2D eigenvalue weighted by Gasteiger charge is -2.21. The van der Waals surface area contributed by atoms with Gasteiger partial charge in [0.25, 0.3) is 0 Å². The van der Waals surface area contributed by atoms with Crippen LogP contribution in [0, 0.1) is 0 Å². The fourth-order valence-corrected chi connectivity index (χ4v) is 2.19. The van der Waals surface area contributed by atoms with Gasteiger partial charge in [0.2, 0.25) is 0 Å². The summed E-state index contributed by atoms with van der Waals surface area (Å²) in [6.07, 6.45) is 4.47. The standard InChI is InChI=1S/C13H26N2O2/c1-13(2,3)17-12(16)14-9-5-7-11-8-6-10-15(11)4/h11H,5-10H2,1-4H3,(H,14,16)/t11-/m1/s1. The molecule has 0 spiro atoms. The zero-order valence-corrected chi connectivity index (χ0v) is 11.6. The molecule has 1 aliphatic rings. The molecule has 0 aromatic heterocycles. The monoisotopic (exact) mass is 242 g/mol. The fourth-order valence-electron chi connectivity index (χ4n) is 2.19. The van der Waals surface area contributed by atoms with E-state index in [1.807, 2.05) is 20.8 Å². The average molecular weight is 242 g/mol. The van der Waals surface area contributed by atoms with Gasteiger partial charge in [-0.3, -0.25) is 0 Å². The Labute approximate surface area is 105 Å². The fraction of sp³-hybridized carbons (Fsp3) is 0.923. The van der Waals surface area contributed by atoms with Crippen LogP contribution < -0.4 is 5.32 Å². The lowest BCUT2D eigenvalue weighted by atomic mass is 10.1. The minimum Gasteiger partial charge on any atom is -0.444 e. The third-order valence-electron chi connectivity index (χ3n) is 3.05. The van der Waals surface area contributed by atoms with Crippen LogP contribution in [0.1, 0.15) is 46.5 Å². The van der Waals surface area contributed by atoms with Crippen LogP contribution in [0.4, 0.5) is 4.79 Å². The van der Waals surface area contributed by atoms with Crippen molar-refractivity contribution in [3.8, 4) is 0 Å². The van der Waals surface area contributed by atoms with E-state index < -0.39 is 5.60 Å². The summed E-state index contributed by atoms with van der Waals surface area (Å²) < 4.78 is 5.17. The smallest absolute Gasteiger partial charge is 0.407 e. The number of carbonyl (C=O) groups excluding carboxylic acids is 1. The number of ether oxygens (including phenoxy) is 1. The van der Waals surface area contributed by atoms with Gasteiger partial charge >= 0.3 is 6.09 Å². The van der Waals surface area contributed by atoms with Crippen molar-refractivity contribution in [2.75, 3.05) is 20.1 Å². The van der Waals surface area contributed by atoms with Crippen molar-refractivity contribution in [2.24, 2.45) is 0 Å². The largest absolute Gasteiger partial charge is 0.444 e. The van der Waals surface area contributed by atoms with E-state index >= 15 is 0 Å². The maximum atomic E-state index is 11.4. The molecule has 1 heterocycles. The number of hydrogen-bond acceptors (Lipinski definition) is 3. The maximum Gasteiger partial charge on any atom is 0.407 e. The van der Waals surface area contributed by atoms with Crippen molar-refractivity contribution in [2.45, 2.75) is 58.1 Å². The summed E-state index contributed by atoms with van der Waals surface area (Å²) in [6.45, 7) is 7.55. The summed E-state index contributed by atoms with van der Waals surface area (Å²) in [5.41, 5.74) is -0.407. The third-order valence-corrected chi connectivity index (χ3v) is 3.05. The van der Waals surface area contributed by atoms with E-state index in [9.17, 15) is 4.79 Å². The zero-order chi connectivity index (χ0) is 12.9. The van der Waals surface area contributed by atoms with Crippen LogP contribution in [-0.2, 0) is 4.74 Å². The van der Waals surface area contributed by atoms with Crippen molar-refractivity contribution >= 4 is 6.09 Å². The first-order valence-electron chi connectivity index (χ1n) is 6.55. The number of nitrogens with one attached hydrogen (secondary N) is 1. The van der Waals surface area contributed by atoms with Gasteiger partial charge in [-0.1, -0.05) is 0 Å². The molecule has 0 unspecified atom stereocenters. The van der Waals surface area contributed by atoms with Crippen LogP contribution >= 0.6 is 0 Å². The molecule has 1 amide bonds. The van der Waals surface area contributed by atoms with Crippen LogP contribution in [-0.4, -0.2) is 42.8 Å². The second-order valence-electron chi connectivity index (χ2n) is 5.85. The normalized spacial score (nSPS) is 21.5. The molecule has 1 saturated heterocycles. The first-order valence-corrected chi connectivity index (χ1v) is 6.55. The molecule has 0 aliphatic carbocycles. The number of carbonyl (C=O) groups is 1. The highest BCUT2D eigenvalue weighted by Crippen LogP contribution is 2.18. The molecular formula is C13H26N2O2. The Bertz CT molecular complexity index is 248. The summed E-state index contributed by atoms with van der Waals surface area (Å²) in [5.74, 6) is 0. The van der Waals surface area contributed by atoms with Gasteiger partial charge in [-0.15, -0.1) is 0 Å². The average Bonchev–Trinajstić information content (AvgIpc) is 2.56. The molecule has 0 aromatic rings. The van der Waals surface area contributed by atoms with E-state index in [-0.39, 0.29) is 6.09 Å². The Hall–Kier alpha value is -0.770. The van der Waals surface area contributed by atoms with Crippen LogP contribution in [0.25, 0.3) is 0 Å². The SMILES string of the molecule is CN1CCC[C@H]1CCCNC(=O)OC(C)(C)C. The molecule has 0 aromatic carbocycles. The maximum absolute atomic E-state index is 11.4. The second-order valence-corrected chi connectivity index (χ2v) is 5.85. The highest BCUT2D eigenvalue weighted by Gasteiger charge is 2.20. The molecule has 1 N–H and O–H groups in total. The van der Waals surface area contributed by atoms with Crippen molar-refractivity contribution in [3.63, 3.8) is 0 Å². The van der Waals surface area contributed by atoms with Gasteiger partial charge < -0.3 is 15.0 Å². The van der Waals surface area contributed by atoms with Crippen molar-refractivity contribution in [3.05, 3.63) is 0 Å². The molecule has 0 radical (unpaired) electrons. The molecule has 17 heavy (non-hydrogen) atoms. The van der Waals surface area contributed by atoms with Crippen molar-refractivity contribution < 1.29 is 9.53 Å². The van der Waals surface area contributed by atoms with Gasteiger partial charge in [-0.2, -0.15) is 0 Å². The molecule has 4 heteroatoms. The Balaban J connectivity index is 2.06. The van der Waals surface area contributed by atoms with E-state index in [2.05, 4.69) is 17.3 Å². The van der Waals surface area contributed by atoms with E-state index in [1.165, 1.54) is 19.4 Å². The van der Waals surface area contributed by atoms with E-state index in [1.54, 1.807) is 0 Å². The van der Waals surface area contributed by atoms with Gasteiger partial charge in [0, 0.05) is 12.6 Å². The summed E-state index contributed by atoms with van der Waals surface area (Å²) in [7, 11) is 2.18. The van der Waals surface area contributed by atoms with Crippen molar-refractivity contribution in [1.29, 1.82) is 0 Å². The Morgan fingerprint density at radius 1 is 1.47 bits per heavy atom. The first-order chi connectivity index (χ1) is 7.88. The minimum atomic E-state index is -0.407. The Morgan fingerprint density at radius 2 is 2.18 bits per heavy atom. The van der Waals surface area contributed by atoms with Crippen molar-refractivity contribution in [1.82, 2.24) is 10.2 Å². The quantitative estimate of drug-likeness (QED) is 0.770. The van der Waals surface area contributed by atoms with Gasteiger partial charge in [-0.05, 0) is 60.0 Å². The van der Waals surface area contributed by atoms with Crippen LogP contribution in [0.5, 0.6) is 0 Å². The molecule has 4 nitrogen and oxygen atoms in total. The Morgan fingerprint density at radius 3 is 2.71 bits per heavy atom. The van der Waals surface area contributed by atoms with Gasteiger partial charge in [0.15, 0.2) is 0 Å². The minimum absolute atomic E-state index is 0.308. The van der Waals surface area contributed by atoms with Gasteiger partial charge in [-0.25, -0.2) is 4.79 Å². The molecule has 1 atom stereocenters. The topological polar surface area (TPSA) is 41.6 Å². The molecule has 0 bridgehead atoms. The van der Waals surface area contributed by atoms with Crippen LogP contribution in [0.3, 0.4) is 0 Å². The predicted molar refractivity (Wildman–Crippen MR) is 69.1 cm³/mol. The summed E-state index contributed by atoms with van der Waals surface area (Å²) >= 11 is 0. The van der Waals surface area contributed by atoms with Gasteiger partial charge in [0.05, 0.1) is 0 Å². The number of alkyl carbamates (subject to hydrolysis) is 1. The van der Waals surface area contributed by atoms with Crippen LogP contribution in [0.15, 0.2) is 0 Å². The second kappa shape index (κ2) is 6.24. The highest BCUT2D eigenvalue weighted by atomic mass is 16.6. The molecule has 0 saturated carbocycles.